The number of nitrogens with zero attached hydrogens (tertiary/aromatic N) is 4. The third kappa shape index (κ3) is 17.6. The molecule has 0 aromatic heterocycles. The van der Waals surface area contributed by atoms with Crippen LogP contribution in [0.3, 0.4) is 0 Å². The van der Waals surface area contributed by atoms with E-state index in [2.05, 4.69) is 0 Å². The Morgan fingerprint density at radius 1 is 0.212 bits per heavy atom. The molecule has 0 atom stereocenters. The molecule has 0 N–H and O–H groups in total. The quantitative estimate of drug-likeness (QED) is 0.0454. The molecule has 4 aromatic rings. The molecule has 0 radical (unpaired) electrons. The van der Waals surface area contributed by atoms with Gasteiger partial charge in [-0.2, -0.15) is 0 Å². The minimum Gasteiger partial charge on any atom is -0.378 e. The largest absolute Gasteiger partial charge is 0.378 e. The first-order chi connectivity index (χ1) is 41.6. The lowest BCUT2D eigenvalue weighted by molar-refractivity contribution is -0.123. The highest BCUT2D eigenvalue weighted by Crippen LogP contribution is 2.26. The zero-order chi connectivity index (χ0) is 59.6. The van der Waals surface area contributed by atoms with Crippen LogP contribution in [0, 0.1) is 5.41 Å². The van der Waals surface area contributed by atoms with Gasteiger partial charge in [0.25, 0.3) is 47.3 Å². The molecular weight excluding hydrogens is 1110 g/mol. The van der Waals surface area contributed by atoms with Crippen LogP contribution < -0.4 is 0 Å². The summed E-state index contributed by atoms with van der Waals surface area (Å²) in [5, 5.41) is 0. The summed E-state index contributed by atoms with van der Waals surface area (Å²) >= 11 is 0. The Hall–Kier alpha value is -7.04. The molecule has 8 rings (SSSR count). The van der Waals surface area contributed by atoms with Gasteiger partial charge in [0.15, 0.2) is 0 Å². The van der Waals surface area contributed by atoms with Crippen LogP contribution in [0.4, 0.5) is 0 Å². The monoisotopic (exact) mass is 1180 g/mol. The van der Waals surface area contributed by atoms with E-state index in [9.17, 15) is 38.4 Å². The summed E-state index contributed by atoms with van der Waals surface area (Å²) in [6.07, 6.45) is 0. The Morgan fingerprint density at radius 2 is 0.353 bits per heavy atom. The summed E-state index contributed by atoms with van der Waals surface area (Å²) in [7, 11) is 0. The summed E-state index contributed by atoms with van der Waals surface area (Å²) in [4.78, 5) is 106. The standard InChI is InChI=1S/C61H72N4O20/c66-53-45-9-1-2-10-46(45)54(67)62(53)17-21-74-25-29-78-33-37-82-41-61(42-83-38-34-79-30-26-75-22-18-63-55(68)47-11-3-4-12-48(47)56(63)69,43-84-39-35-80-31-27-76-23-19-64-57(70)49-13-5-6-14-50(49)58(64)71)44-85-40-36-81-32-28-77-24-20-65-59(72)51-15-7-8-16-52(51)60(65)73/h1-16H,17-44H2. The summed E-state index contributed by atoms with van der Waals surface area (Å²) in [5.41, 5.74) is 2.18. The Balaban J connectivity index is 0.762. The molecule has 4 aliphatic rings. The van der Waals surface area contributed by atoms with E-state index in [1.54, 1.807) is 97.1 Å². The van der Waals surface area contributed by atoms with Crippen LogP contribution in [0.1, 0.15) is 82.9 Å². The predicted molar refractivity (Wildman–Crippen MR) is 299 cm³/mol. The number of imide groups is 4. The van der Waals surface area contributed by atoms with Crippen LogP contribution >= 0.6 is 0 Å². The molecule has 0 bridgehead atoms. The molecule has 0 fully saturated rings. The van der Waals surface area contributed by atoms with Gasteiger partial charge in [-0.05, 0) is 48.5 Å². The van der Waals surface area contributed by atoms with Crippen molar-refractivity contribution in [2.45, 2.75) is 0 Å². The Kier molecular flexibility index (Phi) is 25.3. The first-order valence-electron chi connectivity index (χ1n) is 28.3. The number of benzene rings is 4. The van der Waals surface area contributed by atoms with Gasteiger partial charge >= 0.3 is 0 Å². The van der Waals surface area contributed by atoms with Crippen LogP contribution in [0.2, 0.25) is 0 Å². The molecule has 0 saturated heterocycles. The molecule has 4 heterocycles. The van der Waals surface area contributed by atoms with Gasteiger partial charge in [0, 0.05) is 0 Å². The summed E-state index contributed by atoms with van der Waals surface area (Å²) in [6.45, 7) is 5.02. The number of amides is 8. The van der Waals surface area contributed by atoms with Gasteiger partial charge < -0.3 is 56.8 Å². The lowest BCUT2D eigenvalue weighted by atomic mass is 9.92. The highest BCUT2D eigenvalue weighted by molar-refractivity contribution is 6.23. The van der Waals surface area contributed by atoms with E-state index in [0.717, 1.165) is 0 Å². The van der Waals surface area contributed by atoms with Gasteiger partial charge in [0.05, 0.1) is 235 Å². The summed E-state index contributed by atoms with van der Waals surface area (Å²) in [6, 6.07) is 26.8. The van der Waals surface area contributed by atoms with Gasteiger partial charge in [0.1, 0.15) is 0 Å². The Labute approximate surface area is 492 Å². The van der Waals surface area contributed by atoms with Crippen molar-refractivity contribution in [3.63, 3.8) is 0 Å². The minimum absolute atomic E-state index is 0.113. The summed E-state index contributed by atoms with van der Waals surface area (Å²) in [5.74, 6) is -2.76. The zero-order valence-corrected chi connectivity index (χ0v) is 47.5. The SMILES string of the molecule is O=C1c2ccccc2C(=O)N1CCOCCOCCOCC(COCCOCCOCCN1C(=O)c2ccccc2C1=O)(COCCOCCOCCN1C(=O)c2ccccc2C1=O)COCCOCCOCCN1C(=O)c2ccccc2C1=O. The van der Waals surface area contributed by atoms with E-state index in [4.69, 9.17) is 56.8 Å². The topological polar surface area (TPSA) is 260 Å². The van der Waals surface area contributed by atoms with E-state index < -0.39 is 5.41 Å². The molecule has 85 heavy (non-hydrogen) atoms. The molecule has 0 aliphatic carbocycles. The van der Waals surface area contributed by atoms with Crippen LogP contribution in [0.25, 0.3) is 0 Å². The molecule has 4 aliphatic heterocycles. The van der Waals surface area contributed by atoms with Gasteiger partial charge in [-0.25, -0.2) is 0 Å². The van der Waals surface area contributed by atoms with Gasteiger partial charge in [-0.3, -0.25) is 58.0 Å². The molecule has 24 heteroatoms. The van der Waals surface area contributed by atoms with Crippen molar-refractivity contribution < 1.29 is 95.2 Å². The first kappa shape index (κ1) is 64.0. The van der Waals surface area contributed by atoms with Crippen molar-refractivity contribution in [3.05, 3.63) is 142 Å². The van der Waals surface area contributed by atoms with Gasteiger partial charge in [0.2, 0.25) is 0 Å². The van der Waals surface area contributed by atoms with E-state index in [1.165, 1.54) is 19.6 Å². The molecular formula is C61H72N4O20. The molecule has 456 valence electrons. The predicted octanol–water partition coefficient (Wildman–Crippen LogP) is 3.36. The van der Waals surface area contributed by atoms with Crippen molar-refractivity contribution in [1.29, 1.82) is 0 Å². The average molecular weight is 1180 g/mol. The average Bonchev–Trinajstić information content (AvgIpc) is 4.20. The van der Waals surface area contributed by atoms with Crippen molar-refractivity contribution in [2.75, 3.05) is 185 Å². The maximum Gasteiger partial charge on any atom is 0.261 e. The second-order valence-corrected chi connectivity index (χ2v) is 19.8. The molecule has 0 spiro atoms. The van der Waals surface area contributed by atoms with Gasteiger partial charge in [-0.1, -0.05) is 48.5 Å². The second-order valence-electron chi connectivity index (χ2n) is 19.8. The number of hydrogen-bond donors (Lipinski definition) is 0. The fourth-order valence-corrected chi connectivity index (χ4v) is 9.56. The minimum atomic E-state index is -0.860. The highest BCUT2D eigenvalue weighted by Gasteiger charge is 2.38. The fraction of sp³-hybridized carbons (Fsp3) is 0.475. The van der Waals surface area contributed by atoms with Crippen molar-refractivity contribution in [1.82, 2.24) is 19.6 Å². The van der Waals surface area contributed by atoms with Crippen LogP contribution in [0.5, 0.6) is 0 Å². The van der Waals surface area contributed by atoms with Crippen LogP contribution in [-0.4, -0.2) is 252 Å². The lowest BCUT2D eigenvalue weighted by Gasteiger charge is -2.33. The number of carbonyl (C=O) groups excluding carboxylic acids is 8. The third-order valence-electron chi connectivity index (χ3n) is 14.0. The third-order valence-corrected chi connectivity index (χ3v) is 14.0. The maximum absolute atomic E-state index is 12.7. The van der Waals surface area contributed by atoms with Crippen LogP contribution in [0.15, 0.2) is 97.1 Å². The van der Waals surface area contributed by atoms with E-state index in [0.29, 0.717) is 44.5 Å². The van der Waals surface area contributed by atoms with Crippen molar-refractivity contribution in [2.24, 2.45) is 5.41 Å². The van der Waals surface area contributed by atoms with E-state index in [-0.39, 0.29) is 232 Å². The number of carbonyl (C=O) groups is 8. The van der Waals surface area contributed by atoms with Crippen molar-refractivity contribution in [3.8, 4) is 0 Å². The Morgan fingerprint density at radius 3 is 0.518 bits per heavy atom. The molecule has 4 aromatic carbocycles. The van der Waals surface area contributed by atoms with Gasteiger partial charge in [-0.15, -0.1) is 0 Å². The first-order valence-corrected chi connectivity index (χ1v) is 28.3. The van der Waals surface area contributed by atoms with E-state index in [1.807, 2.05) is 0 Å². The lowest BCUT2D eigenvalue weighted by Crippen LogP contribution is -2.43. The molecule has 24 nitrogen and oxygen atoms in total. The molecule has 0 saturated carbocycles. The number of rotatable bonds is 44. The number of fused-ring (bicyclic) bond motifs is 4. The van der Waals surface area contributed by atoms with E-state index >= 15 is 0 Å². The second kappa shape index (κ2) is 33.6. The van der Waals surface area contributed by atoms with Crippen LogP contribution in [-0.2, 0) is 56.8 Å². The number of hydrogen-bond acceptors (Lipinski definition) is 20. The zero-order valence-electron chi connectivity index (χ0n) is 47.5. The fourth-order valence-electron chi connectivity index (χ4n) is 9.56. The normalized spacial score (nSPS) is 14.7. The Bertz CT molecular complexity index is 2390. The summed E-state index contributed by atoms with van der Waals surface area (Å²) < 4.78 is 70.5. The molecule has 0 unspecified atom stereocenters. The maximum atomic E-state index is 12.7. The van der Waals surface area contributed by atoms with Crippen molar-refractivity contribution >= 4 is 47.3 Å². The number of ether oxygens (including phenoxy) is 12. The highest BCUT2D eigenvalue weighted by atomic mass is 16.6. The molecule has 8 amide bonds. The smallest absolute Gasteiger partial charge is 0.261 e.